The molecule has 0 aromatic carbocycles. The predicted octanol–water partition coefficient (Wildman–Crippen LogP) is 0.593. The lowest BCUT2D eigenvalue weighted by Crippen LogP contribution is -2.55. The third-order valence-corrected chi connectivity index (χ3v) is 1.94. The minimum absolute atomic E-state index is 0.0509. The molecule has 1 heterocycles. The summed E-state index contributed by atoms with van der Waals surface area (Å²) in [5.41, 5.74) is 0. The van der Waals surface area contributed by atoms with E-state index in [1.54, 1.807) is 0 Å². The highest BCUT2D eigenvalue weighted by molar-refractivity contribution is 4.89. The summed E-state index contributed by atoms with van der Waals surface area (Å²) in [6.45, 7) is 3.24. The third-order valence-electron chi connectivity index (χ3n) is 1.94. The van der Waals surface area contributed by atoms with Crippen LogP contribution in [0.2, 0.25) is 0 Å². The second-order valence-electron chi connectivity index (χ2n) is 2.83. The van der Waals surface area contributed by atoms with Crippen molar-refractivity contribution in [1.29, 1.82) is 0 Å². The molecule has 2 nitrogen and oxygen atoms in total. The van der Waals surface area contributed by atoms with Gasteiger partial charge in [0, 0.05) is 19.5 Å². The first-order valence-electron chi connectivity index (χ1n) is 3.98. The molecule has 4 heteroatoms. The van der Waals surface area contributed by atoms with Crippen molar-refractivity contribution in [3.8, 4) is 0 Å². The predicted molar refractivity (Wildman–Crippen MR) is 39.9 cm³/mol. The second kappa shape index (κ2) is 3.45. The summed E-state index contributed by atoms with van der Waals surface area (Å²) >= 11 is 0. The number of rotatable bonds is 2. The first-order valence-corrected chi connectivity index (χ1v) is 3.98. The van der Waals surface area contributed by atoms with E-state index in [9.17, 15) is 8.78 Å². The number of hydrogen-bond donors (Lipinski definition) is 2. The van der Waals surface area contributed by atoms with Crippen molar-refractivity contribution in [3.63, 3.8) is 0 Å². The molecular formula is C7H14F2N2. The lowest BCUT2D eigenvalue weighted by Gasteiger charge is -2.32. The Hall–Kier alpha value is -0.220. The highest BCUT2D eigenvalue weighted by atomic mass is 19.3. The van der Waals surface area contributed by atoms with E-state index < -0.39 is 12.0 Å². The van der Waals surface area contributed by atoms with Crippen LogP contribution in [-0.4, -0.2) is 31.6 Å². The zero-order valence-corrected chi connectivity index (χ0v) is 6.66. The van der Waals surface area contributed by atoms with Crippen molar-refractivity contribution >= 4 is 0 Å². The molecule has 11 heavy (non-hydrogen) atoms. The summed E-state index contributed by atoms with van der Waals surface area (Å²) in [5.74, 6) is -2.53. The zero-order valence-electron chi connectivity index (χ0n) is 6.66. The number of nitrogens with one attached hydrogen (secondary N) is 2. The topological polar surface area (TPSA) is 24.1 Å². The molecule has 1 rings (SSSR count). The molecule has 1 aliphatic heterocycles. The van der Waals surface area contributed by atoms with E-state index >= 15 is 0 Å². The Labute approximate surface area is 65.4 Å². The molecule has 1 saturated heterocycles. The van der Waals surface area contributed by atoms with Crippen molar-refractivity contribution in [2.75, 3.05) is 19.6 Å². The molecule has 1 atom stereocenters. The van der Waals surface area contributed by atoms with Gasteiger partial charge >= 0.3 is 0 Å². The van der Waals surface area contributed by atoms with Crippen molar-refractivity contribution in [2.45, 2.75) is 25.3 Å². The van der Waals surface area contributed by atoms with E-state index in [1.807, 2.05) is 6.92 Å². The van der Waals surface area contributed by atoms with E-state index in [0.717, 1.165) is 0 Å². The van der Waals surface area contributed by atoms with Gasteiger partial charge in [0.15, 0.2) is 0 Å². The van der Waals surface area contributed by atoms with Gasteiger partial charge in [-0.15, -0.1) is 0 Å². The van der Waals surface area contributed by atoms with Gasteiger partial charge in [0.05, 0.1) is 6.04 Å². The maximum atomic E-state index is 13.0. The lowest BCUT2D eigenvalue weighted by atomic mass is 10.0. The van der Waals surface area contributed by atoms with Crippen LogP contribution in [-0.2, 0) is 0 Å². The van der Waals surface area contributed by atoms with Crippen LogP contribution in [0.15, 0.2) is 0 Å². The molecule has 1 unspecified atom stereocenters. The maximum Gasteiger partial charge on any atom is 0.265 e. The Bertz CT molecular complexity index is 126. The molecule has 0 aliphatic carbocycles. The van der Waals surface area contributed by atoms with Gasteiger partial charge in [-0.05, 0) is 6.54 Å². The molecule has 0 radical (unpaired) electrons. The SMILES string of the molecule is CCNC1CNCCC1(F)F. The monoisotopic (exact) mass is 164 g/mol. The molecule has 0 aromatic heterocycles. The van der Waals surface area contributed by atoms with Gasteiger partial charge in [-0.1, -0.05) is 6.92 Å². The van der Waals surface area contributed by atoms with Crippen LogP contribution in [0.1, 0.15) is 13.3 Å². The molecule has 1 aliphatic rings. The quantitative estimate of drug-likeness (QED) is 0.624. The normalized spacial score (nSPS) is 30.3. The molecule has 0 bridgehead atoms. The summed E-state index contributed by atoms with van der Waals surface area (Å²) in [5, 5.41) is 5.69. The highest BCUT2D eigenvalue weighted by Crippen LogP contribution is 2.24. The fourth-order valence-corrected chi connectivity index (χ4v) is 1.29. The minimum Gasteiger partial charge on any atom is -0.315 e. The van der Waals surface area contributed by atoms with Crippen molar-refractivity contribution in [1.82, 2.24) is 10.6 Å². The molecule has 0 aromatic rings. The lowest BCUT2D eigenvalue weighted by molar-refractivity contribution is -0.0561. The molecule has 2 N–H and O–H groups in total. The number of alkyl halides is 2. The Kier molecular flexibility index (Phi) is 2.78. The van der Waals surface area contributed by atoms with Gasteiger partial charge in [-0.25, -0.2) is 8.78 Å². The van der Waals surface area contributed by atoms with Gasteiger partial charge in [-0.2, -0.15) is 0 Å². The van der Waals surface area contributed by atoms with E-state index in [4.69, 9.17) is 0 Å². The Morgan fingerprint density at radius 3 is 2.91 bits per heavy atom. The van der Waals surface area contributed by atoms with Crippen molar-refractivity contribution < 1.29 is 8.78 Å². The fourth-order valence-electron chi connectivity index (χ4n) is 1.29. The summed E-state index contributed by atoms with van der Waals surface area (Å²) < 4.78 is 25.9. The van der Waals surface area contributed by atoms with E-state index in [0.29, 0.717) is 19.6 Å². The van der Waals surface area contributed by atoms with Gasteiger partial charge in [0.25, 0.3) is 5.92 Å². The van der Waals surface area contributed by atoms with Crippen LogP contribution >= 0.6 is 0 Å². The average molecular weight is 164 g/mol. The van der Waals surface area contributed by atoms with E-state index in [-0.39, 0.29) is 6.42 Å². The van der Waals surface area contributed by atoms with Crippen LogP contribution < -0.4 is 10.6 Å². The smallest absolute Gasteiger partial charge is 0.265 e. The van der Waals surface area contributed by atoms with Crippen LogP contribution in [0.3, 0.4) is 0 Å². The molecule has 0 amide bonds. The first kappa shape index (κ1) is 8.87. The minimum atomic E-state index is -2.53. The number of hydrogen-bond acceptors (Lipinski definition) is 2. The fraction of sp³-hybridized carbons (Fsp3) is 1.00. The highest BCUT2D eigenvalue weighted by Gasteiger charge is 2.40. The number of likely N-dealkylation sites (N-methyl/N-ethyl adjacent to an activating group) is 1. The van der Waals surface area contributed by atoms with E-state index in [2.05, 4.69) is 10.6 Å². The molecule has 1 fully saturated rings. The van der Waals surface area contributed by atoms with Gasteiger partial charge in [0.1, 0.15) is 0 Å². The zero-order chi connectivity index (χ0) is 8.32. The van der Waals surface area contributed by atoms with Crippen molar-refractivity contribution in [3.05, 3.63) is 0 Å². The molecule has 0 saturated carbocycles. The maximum absolute atomic E-state index is 13.0. The molecular weight excluding hydrogens is 150 g/mol. The molecule has 66 valence electrons. The molecule has 0 spiro atoms. The number of piperidine rings is 1. The summed E-state index contributed by atoms with van der Waals surface area (Å²) in [7, 11) is 0. The van der Waals surface area contributed by atoms with Gasteiger partial charge in [0.2, 0.25) is 0 Å². The van der Waals surface area contributed by atoms with Gasteiger partial charge in [-0.3, -0.25) is 0 Å². The van der Waals surface area contributed by atoms with E-state index in [1.165, 1.54) is 0 Å². The summed E-state index contributed by atoms with van der Waals surface area (Å²) in [4.78, 5) is 0. The Morgan fingerprint density at radius 2 is 2.36 bits per heavy atom. The Balaban J connectivity index is 2.45. The third kappa shape index (κ3) is 2.10. The second-order valence-corrected chi connectivity index (χ2v) is 2.83. The van der Waals surface area contributed by atoms with Crippen LogP contribution in [0.25, 0.3) is 0 Å². The van der Waals surface area contributed by atoms with Crippen LogP contribution in [0.5, 0.6) is 0 Å². The average Bonchev–Trinajstić information content (AvgIpc) is 1.94. The summed E-state index contributed by atoms with van der Waals surface area (Å²) in [6.07, 6.45) is -0.0509. The van der Waals surface area contributed by atoms with Crippen molar-refractivity contribution in [2.24, 2.45) is 0 Å². The largest absolute Gasteiger partial charge is 0.315 e. The van der Waals surface area contributed by atoms with Crippen LogP contribution in [0, 0.1) is 0 Å². The Morgan fingerprint density at radius 1 is 1.64 bits per heavy atom. The summed E-state index contributed by atoms with van der Waals surface area (Å²) in [6, 6.07) is -0.679. The number of halogens is 2. The first-order chi connectivity index (χ1) is 5.17. The van der Waals surface area contributed by atoms with Crippen LogP contribution in [0.4, 0.5) is 8.78 Å². The standard InChI is InChI=1S/C7H14F2N2/c1-2-11-6-5-10-4-3-7(6,8)9/h6,10-11H,2-5H2,1H3. The van der Waals surface area contributed by atoms with Gasteiger partial charge < -0.3 is 10.6 Å².